The van der Waals surface area contributed by atoms with Gasteiger partial charge in [0.25, 0.3) is 5.56 Å². The van der Waals surface area contributed by atoms with Crippen LogP contribution in [0.1, 0.15) is 48.8 Å². The number of hydrogen-bond donors (Lipinski definition) is 1. The van der Waals surface area contributed by atoms with Crippen molar-refractivity contribution in [3.63, 3.8) is 0 Å². The molecule has 1 saturated heterocycles. The van der Waals surface area contributed by atoms with Crippen LogP contribution in [-0.4, -0.2) is 29.0 Å². The fraction of sp³-hybridized carbons (Fsp3) is 0.545. The predicted octanol–water partition coefficient (Wildman–Crippen LogP) is 3.10. The number of hydrogen-bond acceptors (Lipinski definition) is 4. The molecule has 2 aliphatic carbocycles. The number of ether oxygens (including phenoxy) is 2. The van der Waals surface area contributed by atoms with Crippen LogP contribution in [0.15, 0.2) is 35.1 Å². The molecule has 2 aromatic rings. The molecular formula is C22H26N2O3. The van der Waals surface area contributed by atoms with E-state index in [1.165, 1.54) is 5.56 Å². The minimum absolute atomic E-state index is 0.0209. The molecule has 1 N–H and O–H groups in total. The normalized spacial score (nSPS) is 31.5. The number of nitrogens with one attached hydrogen (secondary N) is 1. The van der Waals surface area contributed by atoms with Gasteiger partial charge in [-0.05, 0) is 37.7 Å². The minimum Gasteiger partial charge on any atom is -0.347 e. The molecule has 1 aromatic heterocycles. The van der Waals surface area contributed by atoms with Gasteiger partial charge in [-0.3, -0.25) is 4.79 Å². The zero-order valence-corrected chi connectivity index (χ0v) is 16.0. The van der Waals surface area contributed by atoms with Gasteiger partial charge in [-0.15, -0.1) is 0 Å². The van der Waals surface area contributed by atoms with Crippen molar-refractivity contribution in [3.8, 4) is 0 Å². The summed E-state index contributed by atoms with van der Waals surface area (Å²) in [4.78, 5) is 20.5. The molecule has 5 heteroatoms. The number of benzene rings is 1. The lowest BCUT2D eigenvalue weighted by molar-refractivity contribution is -0.232. The monoisotopic (exact) mass is 366 g/mol. The third-order valence-electron chi connectivity index (χ3n) is 7.12. The highest BCUT2D eigenvalue weighted by Crippen LogP contribution is 2.58. The van der Waals surface area contributed by atoms with Crippen LogP contribution >= 0.6 is 0 Å². The molecule has 1 aliphatic heterocycles. The third kappa shape index (κ3) is 2.31. The van der Waals surface area contributed by atoms with Gasteiger partial charge in [0.05, 0.1) is 18.9 Å². The van der Waals surface area contributed by atoms with Crippen LogP contribution in [-0.2, 0) is 21.3 Å². The van der Waals surface area contributed by atoms with E-state index in [1.54, 1.807) is 0 Å². The van der Waals surface area contributed by atoms with Gasteiger partial charge in [-0.2, -0.15) is 0 Å². The van der Waals surface area contributed by atoms with Crippen molar-refractivity contribution >= 4 is 0 Å². The fourth-order valence-electron chi connectivity index (χ4n) is 5.93. The molecule has 0 amide bonds. The van der Waals surface area contributed by atoms with Crippen LogP contribution in [0.25, 0.3) is 0 Å². The zero-order valence-electron chi connectivity index (χ0n) is 16.0. The third-order valence-corrected chi connectivity index (χ3v) is 7.12. The first-order valence-corrected chi connectivity index (χ1v) is 10.0. The number of fused-ring (bicyclic) bond motifs is 3. The molecule has 142 valence electrons. The predicted molar refractivity (Wildman–Crippen MR) is 102 cm³/mol. The first-order chi connectivity index (χ1) is 13.1. The molecule has 3 atom stereocenters. The number of rotatable bonds is 1. The van der Waals surface area contributed by atoms with Gasteiger partial charge in [0, 0.05) is 23.3 Å². The molecule has 27 heavy (non-hydrogen) atoms. The maximum absolute atomic E-state index is 12.7. The summed E-state index contributed by atoms with van der Waals surface area (Å²) in [5, 5.41) is 0. The van der Waals surface area contributed by atoms with Crippen molar-refractivity contribution in [3.05, 3.63) is 63.3 Å². The van der Waals surface area contributed by atoms with Gasteiger partial charge in [0.15, 0.2) is 5.79 Å². The van der Waals surface area contributed by atoms with Crippen LogP contribution in [0, 0.1) is 18.8 Å². The maximum Gasteiger partial charge on any atom is 0.254 e. The van der Waals surface area contributed by atoms with E-state index in [1.807, 2.05) is 13.0 Å². The highest BCUT2D eigenvalue weighted by Gasteiger charge is 2.60. The number of aryl methyl sites for hydroxylation is 1. The smallest absolute Gasteiger partial charge is 0.254 e. The average Bonchev–Trinajstić information content (AvgIpc) is 3.15. The van der Waals surface area contributed by atoms with E-state index in [-0.39, 0.29) is 16.9 Å². The van der Waals surface area contributed by atoms with E-state index in [9.17, 15) is 4.79 Å². The Morgan fingerprint density at radius 1 is 1.15 bits per heavy atom. The van der Waals surface area contributed by atoms with Crippen molar-refractivity contribution in [2.45, 2.75) is 50.7 Å². The zero-order chi connectivity index (χ0) is 18.6. The summed E-state index contributed by atoms with van der Waals surface area (Å²) in [6.45, 7) is 5.48. The summed E-state index contributed by atoms with van der Waals surface area (Å²) in [5.41, 5.74) is 2.86. The van der Waals surface area contributed by atoms with Gasteiger partial charge in [0.2, 0.25) is 0 Å². The largest absolute Gasteiger partial charge is 0.347 e. The summed E-state index contributed by atoms with van der Waals surface area (Å²) >= 11 is 0. The van der Waals surface area contributed by atoms with Crippen LogP contribution < -0.4 is 5.56 Å². The van der Waals surface area contributed by atoms with Gasteiger partial charge < -0.3 is 14.5 Å². The Morgan fingerprint density at radius 3 is 2.63 bits per heavy atom. The van der Waals surface area contributed by atoms with Gasteiger partial charge in [-0.25, -0.2) is 4.98 Å². The Labute approximate surface area is 159 Å². The highest BCUT2D eigenvalue weighted by atomic mass is 16.7. The second-order valence-corrected chi connectivity index (χ2v) is 8.26. The average molecular weight is 366 g/mol. The van der Waals surface area contributed by atoms with Crippen molar-refractivity contribution in [2.75, 3.05) is 13.2 Å². The lowest BCUT2D eigenvalue weighted by Crippen LogP contribution is -2.57. The molecule has 2 heterocycles. The quantitative estimate of drug-likeness (QED) is 0.842. The van der Waals surface area contributed by atoms with Crippen LogP contribution in [0.2, 0.25) is 0 Å². The van der Waals surface area contributed by atoms with E-state index in [0.29, 0.717) is 25.0 Å². The summed E-state index contributed by atoms with van der Waals surface area (Å²) in [6, 6.07) is 10.6. The Balaban J connectivity index is 1.74. The molecule has 0 radical (unpaired) electrons. The number of nitrogens with zero attached hydrogens (tertiary/aromatic N) is 1. The Kier molecular flexibility index (Phi) is 3.82. The summed E-state index contributed by atoms with van der Waals surface area (Å²) in [5.74, 6) is 0.781. The minimum atomic E-state index is -0.476. The molecule has 5 nitrogen and oxygen atoms in total. The SMILES string of the molecule is Cc1nc2c(c(=O)[nH]1)CC[C@H]1[C@H](C)C3(CC[C@]21c1ccccc1)OCCO3. The summed E-state index contributed by atoms with van der Waals surface area (Å²) in [6.07, 6.45) is 3.42. The van der Waals surface area contributed by atoms with Crippen molar-refractivity contribution in [2.24, 2.45) is 11.8 Å². The molecule has 0 unspecified atom stereocenters. The van der Waals surface area contributed by atoms with E-state index >= 15 is 0 Å². The van der Waals surface area contributed by atoms with Crippen molar-refractivity contribution in [1.29, 1.82) is 0 Å². The molecule has 3 aliphatic rings. The summed E-state index contributed by atoms with van der Waals surface area (Å²) in [7, 11) is 0. The van der Waals surface area contributed by atoms with E-state index < -0.39 is 5.79 Å². The fourth-order valence-corrected chi connectivity index (χ4v) is 5.93. The number of aromatic nitrogens is 2. The second kappa shape index (κ2) is 6.01. The molecule has 0 bridgehead atoms. The molecule has 1 spiro atoms. The van der Waals surface area contributed by atoms with Crippen LogP contribution in [0.5, 0.6) is 0 Å². The van der Waals surface area contributed by atoms with E-state index in [0.717, 1.165) is 36.9 Å². The number of H-pyrrole nitrogens is 1. The molecule has 5 rings (SSSR count). The lowest BCUT2D eigenvalue weighted by atomic mass is 9.52. The lowest BCUT2D eigenvalue weighted by Gasteiger charge is -2.55. The highest BCUT2D eigenvalue weighted by molar-refractivity contribution is 5.44. The second-order valence-electron chi connectivity index (χ2n) is 8.26. The molecule has 1 aromatic carbocycles. The number of aromatic amines is 1. The Hall–Kier alpha value is -1.98. The Morgan fingerprint density at radius 2 is 1.89 bits per heavy atom. The van der Waals surface area contributed by atoms with Crippen LogP contribution in [0.3, 0.4) is 0 Å². The standard InChI is InChI=1S/C22H26N2O3/c1-14-18-9-8-17-19(23-15(2)24-20(17)25)21(18,16-6-4-3-5-7-16)10-11-22(14)26-12-13-27-22/h3-7,14,18H,8-13H2,1-2H3,(H,23,24,25)/t14-,18-,21+/m0/s1. The molecule has 1 saturated carbocycles. The van der Waals surface area contributed by atoms with Gasteiger partial charge in [-0.1, -0.05) is 37.3 Å². The topological polar surface area (TPSA) is 64.2 Å². The van der Waals surface area contributed by atoms with Crippen molar-refractivity contribution in [1.82, 2.24) is 9.97 Å². The van der Waals surface area contributed by atoms with Gasteiger partial charge in [0.1, 0.15) is 5.82 Å². The maximum atomic E-state index is 12.7. The van der Waals surface area contributed by atoms with E-state index in [4.69, 9.17) is 14.5 Å². The summed E-state index contributed by atoms with van der Waals surface area (Å²) < 4.78 is 12.3. The Bertz CT molecular complexity index is 917. The van der Waals surface area contributed by atoms with Crippen LogP contribution in [0.4, 0.5) is 0 Å². The molecule has 2 fully saturated rings. The first kappa shape index (κ1) is 17.1. The van der Waals surface area contributed by atoms with E-state index in [2.05, 4.69) is 36.2 Å². The van der Waals surface area contributed by atoms with Gasteiger partial charge >= 0.3 is 0 Å². The molecular weight excluding hydrogens is 340 g/mol. The first-order valence-electron chi connectivity index (χ1n) is 10.0. The van der Waals surface area contributed by atoms with Crippen molar-refractivity contribution < 1.29 is 9.47 Å².